The van der Waals surface area contributed by atoms with E-state index in [0.717, 1.165) is 29.4 Å². The third kappa shape index (κ3) is 5.87. The van der Waals surface area contributed by atoms with Gasteiger partial charge in [-0.3, -0.25) is 0 Å². The average Bonchev–Trinajstić information content (AvgIpc) is 2.70. The number of rotatable bonds is 7. The lowest BCUT2D eigenvalue weighted by molar-refractivity contribution is 0.296. The van der Waals surface area contributed by atoms with E-state index >= 15 is 0 Å². The highest BCUT2D eigenvalue weighted by Gasteiger charge is 2.19. The largest absolute Gasteiger partial charge is 0.236 e. The summed E-state index contributed by atoms with van der Waals surface area (Å²) < 4.78 is 13.3. The number of benzene rings is 1. The van der Waals surface area contributed by atoms with Gasteiger partial charge in [0.2, 0.25) is 0 Å². The van der Waals surface area contributed by atoms with Crippen molar-refractivity contribution in [3.8, 4) is 11.4 Å². The average molecular weight is 387 g/mol. The van der Waals surface area contributed by atoms with Crippen molar-refractivity contribution in [2.45, 2.75) is 58.3 Å². The maximum atomic E-state index is 13.3. The monoisotopic (exact) mass is 386 g/mol. The van der Waals surface area contributed by atoms with Crippen LogP contribution in [0, 0.1) is 17.7 Å². The van der Waals surface area contributed by atoms with Gasteiger partial charge in [0.15, 0.2) is 5.82 Å². The molecule has 3 rings (SSSR count). The zero-order chi connectivity index (χ0) is 19.1. The van der Waals surface area contributed by atoms with Crippen LogP contribution in [0.3, 0.4) is 0 Å². The van der Waals surface area contributed by atoms with Gasteiger partial charge in [-0.2, -0.15) is 0 Å². The Balaban J connectivity index is 1.47. The van der Waals surface area contributed by atoms with E-state index in [0.29, 0.717) is 5.82 Å². The highest BCUT2D eigenvalue weighted by atomic mass is 35.5. The van der Waals surface area contributed by atoms with Crippen molar-refractivity contribution in [1.82, 2.24) is 9.97 Å². The maximum Gasteiger partial charge on any atom is 0.159 e. The Kier molecular flexibility index (Phi) is 7.40. The van der Waals surface area contributed by atoms with Crippen LogP contribution in [0.2, 0.25) is 5.02 Å². The molecule has 1 fully saturated rings. The molecule has 1 aliphatic rings. The first-order valence-corrected chi connectivity index (χ1v) is 10.5. The molecule has 0 atom stereocenters. The summed E-state index contributed by atoms with van der Waals surface area (Å²) in [4.78, 5) is 8.87. The molecule has 1 aliphatic carbocycles. The Morgan fingerprint density at radius 3 is 2.56 bits per heavy atom. The molecule has 0 N–H and O–H groups in total. The molecule has 0 saturated heterocycles. The minimum atomic E-state index is -0.424. The third-order valence-electron chi connectivity index (χ3n) is 5.48. The van der Waals surface area contributed by atoms with Gasteiger partial charge in [-0.1, -0.05) is 37.1 Å². The molecule has 0 bridgehead atoms. The van der Waals surface area contributed by atoms with Crippen molar-refractivity contribution in [1.29, 1.82) is 0 Å². The summed E-state index contributed by atoms with van der Waals surface area (Å²) in [5, 5.41) is 0.0975. The van der Waals surface area contributed by atoms with E-state index in [1.165, 1.54) is 51.0 Å². The van der Waals surface area contributed by atoms with Crippen molar-refractivity contribution in [2.24, 2.45) is 11.8 Å². The molecule has 1 aromatic carbocycles. The van der Waals surface area contributed by atoms with E-state index in [-0.39, 0.29) is 5.02 Å². The second-order valence-corrected chi connectivity index (χ2v) is 7.99. The standard InChI is InChI=1S/C23H28ClFN2/c1-2-3-4-5-17-6-8-18(9-7-17)10-11-19-15-26-23(27-16-19)20-12-13-22(25)21(24)14-20/h4-5,12-18H,2-3,6-11H2,1H3/t17-,18-. The predicted octanol–water partition coefficient (Wildman–Crippen LogP) is 7.03. The van der Waals surface area contributed by atoms with Gasteiger partial charge in [0.25, 0.3) is 0 Å². The highest BCUT2D eigenvalue weighted by molar-refractivity contribution is 6.31. The molecule has 0 unspecified atom stereocenters. The van der Waals surface area contributed by atoms with Crippen molar-refractivity contribution in [2.75, 3.05) is 0 Å². The van der Waals surface area contributed by atoms with Crippen LogP contribution in [-0.2, 0) is 6.42 Å². The van der Waals surface area contributed by atoms with Crippen LogP contribution < -0.4 is 0 Å². The molecule has 1 heterocycles. The second kappa shape index (κ2) is 9.98. The maximum absolute atomic E-state index is 13.3. The van der Waals surface area contributed by atoms with Crippen molar-refractivity contribution in [3.63, 3.8) is 0 Å². The molecule has 1 saturated carbocycles. The van der Waals surface area contributed by atoms with E-state index in [9.17, 15) is 4.39 Å². The molecular weight excluding hydrogens is 359 g/mol. The topological polar surface area (TPSA) is 25.8 Å². The fraction of sp³-hybridized carbons (Fsp3) is 0.478. The van der Waals surface area contributed by atoms with E-state index in [1.807, 2.05) is 12.4 Å². The van der Waals surface area contributed by atoms with Gasteiger partial charge < -0.3 is 0 Å². The molecule has 0 radical (unpaired) electrons. The van der Waals surface area contributed by atoms with Crippen molar-refractivity contribution >= 4 is 11.6 Å². The first-order chi connectivity index (χ1) is 13.2. The summed E-state index contributed by atoms with van der Waals surface area (Å²) in [5.74, 6) is 1.77. The first-order valence-electron chi connectivity index (χ1n) is 10.1. The summed E-state index contributed by atoms with van der Waals surface area (Å²) in [5.41, 5.74) is 1.90. The van der Waals surface area contributed by atoms with Gasteiger partial charge in [-0.25, -0.2) is 14.4 Å². The van der Waals surface area contributed by atoms with Crippen LogP contribution in [0.15, 0.2) is 42.7 Å². The summed E-state index contributed by atoms with van der Waals surface area (Å²) >= 11 is 5.84. The van der Waals surface area contributed by atoms with Crippen LogP contribution in [0.25, 0.3) is 11.4 Å². The number of hydrogen-bond donors (Lipinski definition) is 0. The van der Waals surface area contributed by atoms with Crippen LogP contribution in [0.1, 0.15) is 57.4 Å². The number of halogens is 2. The lowest BCUT2D eigenvalue weighted by atomic mass is 9.79. The smallest absolute Gasteiger partial charge is 0.159 e. The molecule has 2 nitrogen and oxygen atoms in total. The second-order valence-electron chi connectivity index (χ2n) is 7.58. The van der Waals surface area contributed by atoms with Crippen LogP contribution >= 0.6 is 11.6 Å². The third-order valence-corrected chi connectivity index (χ3v) is 5.77. The number of hydrogen-bond acceptors (Lipinski definition) is 2. The van der Waals surface area contributed by atoms with E-state index in [1.54, 1.807) is 12.1 Å². The first kappa shape index (κ1) is 20.0. The van der Waals surface area contributed by atoms with Gasteiger partial charge in [-0.05, 0) is 80.5 Å². The molecule has 27 heavy (non-hydrogen) atoms. The molecule has 2 aromatic rings. The van der Waals surface area contributed by atoms with Crippen molar-refractivity contribution < 1.29 is 4.39 Å². The Labute approximate surface area is 166 Å². The molecule has 0 spiro atoms. The Bertz CT molecular complexity index is 749. The number of aromatic nitrogens is 2. The normalized spacial score (nSPS) is 20.3. The summed E-state index contributed by atoms with van der Waals surface area (Å²) in [6.45, 7) is 2.23. The van der Waals surface area contributed by atoms with Gasteiger partial charge >= 0.3 is 0 Å². The molecule has 0 amide bonds. The van der Waals surface area contributed by atoms with Gasteiger partial charge in [-0.15, -0.1) is 0 Å². The van der Waals surface area contributed by atoms with E-state index in [2.05, 4.69) is 29.0 Å². The SMILES string of the molecule is CCCC=C[C@H]1CC[C@H](CCc2cnc(-c3ccc(F)c(Cl)c3)nc2)CC1. The molecule has 1 aromatic heterocycles. The van der Waals surface area contributed by atoms with Crippen LogP contribution in [0.5, 0.6) is 0 Å². The Morgan fingerprint density at radius 1 is 1.15 bits per heavy atom. The van der Waals surface area contributed by atoms with E-state index < -0.39 is 5.82 Å². The zero-order valence-corrected chi connectivity index (χ0v) is 16.8. The van der Waals surface area contributed by atoms with Crippen molar-refractivity contribution in [3.05, 3.63) is 59.1 Å². The van der Waals surface area contributed by atoms with Gasteiger partial charge in [0.05, 0.1) is 5.02 Å². The number of allylic oxidation sites excluding steroid dienone is 2. The summed E-state index contributed by atoms with van der Waals surface area (Å²) in [6.07, 6.45) is 18.5. The quantitative estimate of drug-likeness (QED) is 0.477. The molecule has 144 valence electrons. The fourth-order valence-corrected chi connectivity index (χ4v) is 3.94. The molecular formula is C23H28ClFN2. The van der Waals surface area contributed by atoms with Crippen LogP contribution in [-0.4, -0.2) is 9.97 Å². The zero-order valence-electron chi connectivity index (χ0n) is 16.0. The number of unbranched alkanes of at least 4 members (excludes halogenated alkanes) is 1. The van der Waals surface area contributed by atoms with Gasteiger partial charge in [0.1, 0.15) is 5.82 Å². The summed E-state index contributed by atoms with van der Waals surface area (Å²) in [7, 11) is 0. The van der Waals surface area contributed by atoms with E-state index in [4.69, 9.17) is 11.6 Å². The fourth-order valence-electron chi connectivity index (χ4n) is 3.76. The minimum Gasteiger partial charge on any atom is -0.236 e. The Morgan fingerprint density at radius 2 is 1.89 bits per heavy atom. The summed E-state index contributed by atoms with van der Waals surface area (Å²) in [6, 6.07) is 4.58. The number of aryl methyl sites for hydroxylation is 1. The lowest BCUT2D eigenvalue weighted by Crippen LogP contribution is -2.13. The highest BCUT2D eigenvalue weighted by Crippen LogP contribution is 2.32. The predicted molar refractivity (Wildman–Crippen MR) is 110 cm³/mol. The number of nitrogens with zero attached hydrogens (tertiary/aromatic N) is 2. The lowest BCUT2D eigenvalue weighted by Gasteiger charge is -2.26. The van der Waals surface area contributed by atoms with Gasteiger partial charge in [0, 0.05) is 18.0 Å². The molecule has 4 heteroatoms. The Hall–Kier alpha value is -1.74. The minimum absolute atomic E-state index is 0.0975. The van der Waals surface area contributed by atoms with Crippen LogP contribution in [0.4, 0.5) is 4.39 Å². The molecule has 0 aliphatic heterocycles.